The van der Waals surface area contributed by atoms with Crippen molar-refractivity contribution in [2.75, 3.05) is 6.16 Å². The van der Waals surface area contributed by atoms with Crippen molar-refractivity contribution >= 4 is 7.60 Å². The van der Waals surface area contributed by atoms with Gasteiger partial charge in [0.25, 0.3) is 0 Å². The van der Waals surface area contributed by atoms with Crippen LogP contribution in [0.4, 0.5) is 0 Å². The molecule has 0 bridgehead atoms. The van der Waals surface area contributed by atoms with Gasteiger partial charge in [0.05, 0.1) is 6.16 Å². The van der Waals surface area contributed by atoms with E-state index >= 15 is 0 Å². The van der Waals surface area contributed by atoms with Gasteiger partial charge in [0.1, 0.15) is 6.23 Å². The number of rotatable bonds is 0. The van der Waals surface area contributed by atoms with Crippen LogP contribution in [0.3, 0.4) is 0 Å². The van der Waals surface area contributed by atoms with Crippen LogP contribution >= 0.6 is 7.60 Å². The van der Waals surface area contributed by atoms with Crippen molar-refractivity contribution in [1.82, 2.24) is 0 Å². The highest BCUT2D eigenvalue weighted by Crippen LogP contribution is 2.44. The standard InChI is InChI=1S/C11H24NO3P/c12-11-9-7-5-3-1-2-4-6-8-10-16(13,14)15-11/h11H,1-10,12H2,(H,13,14). The molecule has 2 atom stereocenters. The van der Waals surface area contributed by atoms with E-state index in [2.05, 4.69) is 0 Å². The van der Waals surface area contributed by atoms with E-state index in [1.165, 1.54) is 19.3 Å². The van der Waals surface area contributed by atoms with Crippen molar-refractivity contribution in [1.29, 1.82) is 0 Å². The summed E-state index contributed by atoms with van der Waals surface area (Å²) in [7, 11) is -3.43. The molecule has 5 heteroatoms. The number of hydrogen-bond acceptors (Lipinski definition) is 3. The molecule has 0 aromatic heterocycles. The first-order valence-electron chi connectivity index (χ1n) is 6.36. The van der Waals surface area contributed by atoms with Gasteiger partial charge in [-0.25, -0.2) is 0 Å². The fourth-order valence-electron chi connectivity index (χ4n) is 2.03. The molecule has 4 nitrogen and oxygen atoms in total. The topological polar surface area (TPSA) is 72.6 Å². The maximum absolute atomic E-state index is 11.6. The Bertz CT molecular complexity index is 235. The lowest BCUT2D eigenvalue weighted by molar-refractivity contribution is 0.167. The lowest BCUT2D eigenvalue weighted by atomic mass is 10.1. The zero-order valence-electron chi connectivity index (χ0n) is 9.94. The molecule has 1 rings (SSSR count). The molecule has 3 N–H and O–H groups in total. The molecule has 0 aromatic rings. The van der Waals surface area contributed by atoms with Crippen molar-refractivity contribution in [3.63, 3.8) is 0 Å². The van der Waals surface area contributed by atoms with Gasteiger partial charge >= 0.3 is 7.60 Å². The van der Waals surface area contributed by atoms with Gasteiger partial charge in [0.2, 0.25) is 0 Å². The molecule has 1 saturated heterocycles. The summed E-state index contributed by atoms with van der Waals surface area (Å²) in [5.41, 5.74) is 5.67. The van der Waals surface area contributed by atoms with E-state index in [1.807, 2.05) is 0 Å². The Balaban J connectivity index is 2.39. The Morgan fingerprint density at radius 3 is 2.12 bits per heavy atom. The minimum atomic E-state index is -3.43. The molecule has 0 spiro atoms. The first kappa shape index (κ1) is 14.2. The van der Waals surface area contributed by atoms with Crippen LogP contribution in [0.15, 0.2) is 0 Å². The summed E-state index contributed by atoms with van der Waals surface area (Å²) in [4.78, 5) is 9.55. The van der Waals surface area contributed by atoms with Crippen LogP contribution in [0.1, 0.15) is 57.8 Å². The average molecular weight is 249 g/mol. The van der Waals surface area contributed by atoms with Crippen LogP contribution in [-0.4, -0.2) is 17.3 Å². The SMILES string of the molecule is NC1CCCCCCCCCCP(=O)(O)O1. The van der Waals surface area contributed by atoms with E-state index in [1.54, 1.807) is 0 Å². The Hall–Kier alpha value is 0.110. The smallest absolute Gasteiger partial charge is 0.324 e. The molecule has 0 aliphatic carbocycles. The van der Waals surface area contributed by atoms with Crippen LogP contribution in [0.5, 0.6) is 0 Å². The van der Waals surface area contributed by atoms with Gasteiger partial charge in [0, 0.05) is 0 Å². The first-order chi connectivity index (χ1) is 7.60. The summed E-state index contributed by atoms with van der Waals surface area (Å²) in [5, 5.41) is 0. The third kappa shape index (κ3) is 6.64. The normalized spacial score (nSPS) is 35.8. The van der Waals surface area contributed by atoms with E-state index in [4.69, 9.17) is 10.3 Å². The van der Waals surface area contributed by atoms with E-state index in [9.17, 15) is 9.46 Å². The Kier molecular flexibility index (Phi) is 6.59. The summed E-state index contributed by atoms with van der Waals surface area (Å²) >= 11 is 0. The highest BCUT2D eigenvalue weighted by molar-refractivity contribution is 7.52. The van der Waals surface area contributed by atoms with Gasteiger partial charge < -0.3 is 10.6 Å². The first-order valence-corrected chi connectivity index (χ1v) is 8.12. The van der Waals surface area contributed by atoms with Crippen LogP contribution in [0, 0.1) is 0 Å². The zero-order valence-corrected chi connectivity index (χ0v) is 10.8. The minimum Gasteiger partial charge on any atom is -0.324 e. The van der Waals surface area contributed by atoms with Crippen molar-refractivity contribution in [3.8, 4) is 0 Å². The molecular formula is C11H24NO3P. The quantitative estimate of drug-likeness (QED) is 0.647. The summed E-state index contributed by atoms with van der Waals surface area (Å²) in [6.07, 6.45) is 9.19. The van der Waals surface area contributed by atoms with Crippen molar-refractivity contribution < 1.29 is 14.0 Å². The fourth-order valence-corrected chi connectivity index (χ4v) is 3.29. The molecule has 0 radical (unpaired) electrons. The molecular weight excluding hydrogens is 225 g/mol. The predicted molar refractivity (Wildman–Crippen MR) is 65.3 cm³/mol. The molecule has 0 amide bonds. The van der Waals surface area contributed by atoms with Crippen molar-refractivity contribution in [2.24, 2.45) is 5.73 Å². The minimum absolute atomic E-state index is 0.251. The number of nitrogens with two attached hydrogens (primary N) is 1. The molecule has 0 aromatic carbocycles. The van der Waals surface area contributed by atoms with Gasteiger partial charge in [-0.3, -0.25) is 9.09 Å². The monoisotopic (exact) mass is 249 g/mol. The van der Waals surface area contributed by atoms with Gasteiger partial charge in [-0.15, -0.1) is 0 Å². The Labute approximate surface area is 98.1 Å². The molecule has 16 heavy (non-hydrogen) atoms. The molecule has 1 aliphatic rings. The summed E-state index contributed by atoms with van der Waals surface area (Å²) < 4.78 is 16.7. The van der Waals surface area contributed by atoms with Gasteiger partial charge in [0.15, 0.2) is 0 Å². The maximum atomic E-state index is 11.6. The lowest BCUT2D eigenvalue weighted by Crippen LogP contribution is -2.22. The Morgan fingerprint density at radius 2 is 1.50 bits per heavy atom. The molecule has 0 saturated carbocycles. The Morgan fingerprint density at radius 1 is 1.00 bits per heavy atom. The molecule has 1 fully saturated rings. The van der Waals surface area contributed by atoms with E-state index < -0.39 is 13.8 Å². The second-order valence-corrected chi connectivity index (χ2v) is 6.55. The third-order valence-electron chi connectivity index (χ3n) is 2.98. The molecule has 1 heterocycles. The van der Waals surface area contributed by atoms with Gasteiger partial charge in [-0.2, -0.15) is 0 Å². The van der Waals surface area contributed by atoms with Crippen LogP contribution in [0.25, 0.3) is 0 Å². The summed E-state index contributed by atoms with van der Waals surface area (Å²) in [5.74, 6) is 0. The second kappa shape index (κ2) is 7.44. The number of hydrogen-bond donors (Lipinski definition) is 2. The van der Waals surface area contributed by atoms with Crippen molar-refractivity contribution in [3.05, 3.63) is 0 Å². The summed E-state index contributed by atoms with van der Waals surface area (Å²) in [6.45, 7) is 0. The predicted octanol–water partition coefficient (Wildman–Crippen LogP) is 3.00. The average Bonchev–Trinajstić information content (AvgIpc) is 2.20. The second-order valence-electron chi connectivity index (χ2n) is 4.62. The highest BCUT2D eigenvalue weighted by Gasteiger charge is 2.22. The molecule has 2 unspecified atom stereocenters. The largest absolute Gasteiger partial charge is 0.329 e. The van der Waals surface area contributed by atoms with E-state index in [-0.39, 0.29) is 6.16 Å². The van der Waals surface area contributed by atoms with E-state index in [0.29, 0.717) is 6.42 Å². The lowest BCUT2D eigenvalue weighted by Gasteiger charge is -2.17. The van der Waals surface area contributed by atoms with Gasteiger partial charge in [-0.1, -0.05) is 38.5 Å². The van der Waals surface area contributed by atoms with Gasteiger partial charge in [-0.05, 0) is 19.3 Å². The highest BCUT2D eigenvalue weighted by atomic mass is 31.2. The van der Waals surface area contributed by atoms with Crippen molar-refractivity contribution in [2.45, 2.75) is 64.0 Å². The maximum Gasteiger partial charge on any atom is 0.329 e. The summed E-state index contributed by atoms with van der Waals surface area (Å²) in [6, 6.07) is 0. The van der Waals surface area contributed by atoms with Crippen LogP contribution < -0.4 is 5.73 Å². The molecule has 96 valence electrons. The van der Waals surface area contributed by atoms with E-state index in [0.717, 1.165) is 32.1 Å². The van der Waals surface area contributed by atoms with Crippen LogP contribution in [-0.2, 0) is 9.09 Å². The zero-order chi connectivity index (χ0) is 11.9. The molecule has 1 aliphatic heterocycles. The third-order valence-corrected chi connectivity index (χ3v) is 4.46. The fraction of sp³-hybridized carbons (Fsp3) is 1.00. The van der Waals surface area contributed by atoms with Crippen LogP contribution in [0.2, 0.25) is 0 Å².